The summed E-state index contributed by atoms with van der Waals surface area (Å²) in [6, 6.07) is 2.95. The monoisotopic (exact) mass is 636 g/mol. The van der Waals surface area contributed by atoms with Crippen LogP contribution in [0.3, 0.4) is 0 Å². The summed E-state index contributed by atoms with van der Waals surface area (Å²) >= 11 is 3.75. The van der Waals surface area contributed by atoms with E-state index in [1.807, 2.05) is 45.2 Å². The van der Waals surface area contributed by atoms with E-state index in [1.165, 1.54) is 6.07 Å². The molecule has 156 valence electrons. The summed E-state index contributed by atoms with van der Waals surface area (Å²) in [5.74, 6) is -6.37. The fourth-order valence-corrected chi connectivity index (χ4v) is 5.66. The molecule has 6 nitrogen and oxygen atoms in total. The lowest BCUT2D eigenvalue weighted by molar-refractivity contribution is -0.191. The summed E-state index contributed by atoms with van der Waals surface area (Å²) in [6.07, 6.45) is -0.847. The Balaban J connectivity index is 1.84. The van der Waals surface area contributed by atoms with E-state index in [1.54, 1.807) is 18.2 Å². The second-order valence-electron chi connectivity index (χ2n) is 6.71. The molecule has 29 heavy (non-hydrogen) atoms. The van der Waals surface area contributed by atoms with Crippen molar-refractivity contribution in [3.8, 4) is 5.75 Å². The van der Waals surface area contributed by atoms with Crippen molar-refractivity contribution in [1.82, 2.24) is 0 Å². The Labute approximate surface area is 190 Å². The number of carbonyl (C=O) groups is 3. The van der Waals surface area contributed by atoms with Gasteiger partial charge in [-0.1, -0.05) is 12.2 Å². The van der Waals surface area contributed by atoms with Crippen molar-refractivity contribution in [2.45, 2.75) is 12.6 Å². The number of hydrogen-bond donors (Lipinski definition) is 1. The van der Waals surface area contributed by atoms with Crippen molar-refractivity contribution in [1.29, 1.82) is 0 Å². The summed E-state index contributed by atoms with van der Waals surface area (Å²) < 4.78 is 47.9. The Hall–Kier alpha value is -1.38. The highest BCUT2D eigenvalue weighted by Gasteiger charge is 2.53. The van der Waals surface area contributed by atoms with Gasteiger partial charge >= 0.3 is 24.1 Å². The second kappa shape index (κ2) is 8.40. The number of carboxylic acids is 1. The summed E-state index contributed by atoms with van der Waals surface area (Å²) in [7, 11) is 0. The maximum absolute atomic E-state index is 12.8. The molecule has 11 heteroatoms. The molecule has 4 atom stereocenters. The van der Waals surface area contributed by atoms with E-state index in [0.717, 1.165) is 0 Å². The quantitative estimate of drug-likeness (QED) is 0.227. The first-order valence-corrected chi connectivity index (χ1v) is 10.5. The van der Waals surface area contributed by atoms with E-state index in [2.05, 4.69) is 4.74 Å². The van der Waals surface area contributed by atoms with Crippen LogP contribution < -0.4 is 4.74 Å². The lowest BCUT2D eigenvalue weighted by Crippen LogP contribution is -2.38. The molecule has 2 aliphatic rings. The van der Waals surface area contributed by atoms with Crippen LogP contribution in [0, 0.1) is 30.8 Å². The Morgan fingerprint density at radius 3 is 2.21 bits per heavy atom. The lowest BCUT2D eigenvalue weighted by atomic mass is 9.83. The third kappa shape index (κ3) is 4.86. The predicted molar refractivity (Wildman–Crippen MR) is 109 cm³/mol. The highest BCUT2D eigenvalue weighted by Crippen LogP contribution is 2.49. The zero-order valence-corrected chi connectivity index (χ0v) is 18.7. The number of fused-ring (bicyclic) bond motifs is 2. The van der Waals surface area contributed by atoms with Gasteiger partial charge in [-0.15, -0.1) is 0 Å². The minimum atomic E-state index is -4.67. The largest absolute Gasteiger partial charge is 0.478 e. The van der Waals surface area contributed by atoms with Gasteiger partial charge in [0.15, 0.2) is 12.4 Å². The number of alkyl halides is 3. The third-order valence-electron chi connectivity index (χ3n) is 4.82. The number of aromatic carboxylic acids is 1. The van der Waals surface area contributed by atoms with E-state index in [9.17, 15) is 32.7 Å². The molecular weight excluding hydrogens is 623 g/mol. The van der Waals surface area contributed by atoms with Crippen LogP contribution in [-0.4, -0.2) is 35.8 Å². The van der Waals surface area contributed by atoms with Crippen LogP contribution in [0.1, 0.15) is 16.8 Å². The molecule has 0 spiro atoms. The van der Waals surface area contributed by atoms with Crippen LogP contribution in [0.15, 0.2) is 24.3 Å². The van der Waals surface area contributed by atoms with Gasteiger partial charge in [-0.05, 0) is 75.6 Å². The van der Waals surface area contributed by atoms with Gasteiger partial charge in [0.1, 0.15) is 5.56 Å². The number of carbonyl (C=O) groups excluding carboxylic acids is 2. The minimum Gasteiger partial charge on any atom is -0.478 e. The molecule has 0 heterocycles. The highest BCUT2D eigenvalue weighted by atomic mass is 127. The summed E-state index contributed by atoms with van der Waals surface area (Å²) in [5.41, 5.74) is -0.218. The van der Waals surface area contributed by atoms with Crippen molar-refractivity contribution in [2.75, 3.05) is 6.61 Å². The molecule has 0 amide bonds. The number of halogens is 5. The molecule has 0 aromatic heterocycles. The third-order valence-corrected chi connectivity index (χ3v) is 6.25. The zero-order valence-electron chi connectivity index (χ0n) is 14.4. The molecule has 2 aliphatic carbocycles. The fourth-order valence-electron chi connectivity index (χ4n) is 3.71. The fraction of sp³-hybridized carbons (Fsp3) is 0.389. The first-order valence-electron chi connectivity index (χ1n) is 8.33. The number of hydrogen-bond acceptors (Lipinski definition) is 5. The molecule has 1 saturated carbocycles. The number of benzene rings is 1. The Morgan fingerprint density at radius 2 is 1.66 bits per heavy atom. The molecule has 1 N–H and O–H groups in total. The van der Waals surface area contributed by atoms with Crippen LogP contribution >= 0.6 is 45.2 Å². The van der Waals surface area contributed by atoms with Crippen molar-refractivity contribution in [2.24, 2.45) is 23.7 Å². The molecule has 0 radical (unpaired) electrons. The minimum absolute atomic E-state index is 0.155. The molecule has 4 unspecified atom stereocenters. The van der Waals surface area contributed by atoms with E-state index in [-0.39, 0.29) is 17.2 Å². The van der Waals surface area contributed by atoms with Gasteiger partial charge in [-0.2, -0.15) is 13.2 Å². The van der Waals surface area contributed by atoms with E-state index in [4.69, 9.17) is 4.74 Å². The molecule has 0 aliphatic heterocycles. The molecule has 2 bridgehead atoms. The average Bonchev–Trinajstić information content (AvgIpc) is 3.22. The smallest absolute Gasteiger partial charge is 0.422 e. The lowest BCUT2D eigenvalue weighted by Gasteiger charge is -2.25. The highest BCUT2D eigenvalue weighted by molar-refractivity contribution is 14.1. The average molecular weight is 636 g/mol. The van der Waals surface area contributed by atoms with Crippen LogP contribution in [0.2, 0.25) is 0 Å². The summed E-state index contributed by atoms with van der Waals surface area (Å²) in [5, 5.41) is 9.39. The molecule has 1 aromatic rings. The van der Waals surface area contributed by atoms with Crippen LogP contribution in [-0.2, 0) is 14.3 Å². The standard InChI is InChI=1S/C18H13F3I2O6/c19-18(20,21)6-28-16(26)12-7-1-2-8(3-7)13(12)17(27)29-14-10(15(24)25)4-9(22)5-11(14)23/h1-2,4-5,7-8,12-13H,3,6H2,(H,24,25). The molecular formula is C18H13F3I2O6. The van der Waals surface area contributed by atoms with Crippen LogP contribution in [0.5, 0.6) is 5.75 Å². The number of allylic oxidation sites excluding steroid dienone is 2. The molecule has 1 aromatic carbocycles. The normalized spacial score (nSPS) is 25.1. The van der Waals surface area contributed by atoms with Gasteiger partial charge in [-0.25, -0.2) is 4.79 Å². The SMILES string of the molecule is O=C(O)c1cc(I)cc(I)c1OC(=O)C1C2C=CC(C2)C1C(=O)OCC(F)(F)F. The molecule has 0 saturated heterocycles. The van der Waals surface area contributed by atoms with Crippen LogP contribution in [0.4, 0.5) is 13.2 Å². The Morgan fingerprint density at radius 1 is 1.07 bits per heavy atom. The topological polar surface area (TPSA) is 89.9 Å². The zero-order chi connectivity index (χ0) is 21.5. The van der Waals surface area contributed by atoms with Crippen molar-refractivity contribution >= 4 is 63.1 Å². The first-order chi connectivity index (χ1) is 13.5. The van der Waals surface area contributed by atoms with Gasteiger partial charge in [0.25, 0.3) is 0 Å². The van der Waals surface area contributed by atoms with E-state index >= 15 is 0 Å². The molecule has 1 fully saturated rings. The van der Waals surface area contributed by atoms with Gasteiger partial charge in [-0.3, -0.25) is 9.59 Å². The van der Waals surface area contributed by atoms with Crippen molar-refractivity contribution in [3.63, 3.8) is 0 Å². The molecule has 3 rings (SSSR count). The maximum atomic E-state index is 12.8. The maximum Gasteiger partial charge on any atom is 0.422 e. The number of carboxylic acid groups (broad SMARTS) is 1. The number of ether oxygens (including phenoxy) is 2. The van der Waals surface area contributed by atoms with E-state index < -0.39 is 48.4 Å². The predicted octanol–water partition coefficient (Wildman–Crippen LogP) is 4.04. The van der Waals surface area contributed by atoms with Gasteiger partial charge < -0.3 is 14.6 Å². The Kier molecular flexibility index (Phi) is 6.46. The Bertz CT molecular complexity index is 898. The van der Waals surface area contributed by atoms with Gasteiger partial charge in [0, 0.05) is 3.57 Å². The first kappa shape index (κ1) is 22.3. The summed E-state index contributed by atoms with van der Waals surface area (Å²) in [6.45, 7) is -1.73. The number of esters is 2. The van der Waals surface area contributed by atoms with Crippen molar-refractivity contribution in [3.05, 3.63) is 37.0 Å². The van der Waals surface area contributed by atoms with Gasteiger partial charge in [0.2, 0.25) is 0 Å². The summed E-state index contributed by atoms with van der Waals surface area (Å²) in [4.78, 5) is 36.6. The second-order valence-corrected chi connectivity index (χ2v) is 9.12. The number of rotatable bonds is 5. The van der Waals surface area contributed by atoms with Gasteiger partial charge in [0.05, 0.1) is 15.4 Å². The van der Waals surface area contributed by atoms with E-state index in [0.29, 0.717) is 13.6 Å². The van der Waals surface area contributed by atoms with Crippen molar-refractivity contribution < 1.29 is 42.1 Å². The van der Waals surface area contributed by atoms with Crippen LogP contribution in [0.25, 0.3) is 0 Å².